The van der Waals surface area contributed by atoms with Crippen molar-refractivity contribution in [2.75, 3.05) is 23.3 Å². The summed E-state index contributed by atoms with van der Waals surface area (Å²) in [7, 11) is 0. The molecule has 168 valence electrons. The number of halogens is 2. The van der Waals surface area contributed by atoms with Crippen molar-refractivity contribution < 1.29 is 9.18 Å². The molecule has 3 N–H and O–H groups in total. The minimum absolute atomic E-state index is 0.249. The maximum absolute atomic E-state index is 14.1. The van der Waals surface area contributed by atoms with E-state index in [4.69, 9.17) is 17.3 Å². The van der Waals surface area contributed by atoms with Crippen LogP contribution in [0, 0.1) is 5.82 Å². The third-order valence-electron chi connectivity index (χ3n) is 5.34. The molecule has 1 aromatic heterocycles. The Kier molecular flexibility index (Phi) is 7.17. The highest BCUT2D eigenvalue weighted by Crippen LogP contribution is 2.30. The van der Waals surface area contributed by atoms with Crippen molar-refractivity contribution in [3.05, 3.63) is 101 Å². The molecule has 1 heterocycles. The van der Waals surface area contributed by atoms with Crippen LogP contribution >= 0.6 is 11.6 Å². The summed E-state index contributed by atoms with van der Waals surface area (Å²) in [5, 5.41) is 4.58. The molecular weight excluding hydrogens is 439 g/mol. The third kappa shape index (κ3) is 5.30. The Morgan fingerprint density at radius 1 is 1.06 bits per heavy atom. The van der Waals surface area contributed by atoms with E-state index in [1.807, 2.05) is 36.4 Å². The first-order chi connectivity index (χ1) is 16.1. The number of carbonyl (C=O) groups is 1. The summed E-state index contributed by atoms with van der Waals surface area (Å²) < 4.78 is 14.1. The molecule has 7 heteroatoms. The predicted octanol–water partition coefficient (Wildman–Crippen LogP) is 5.64. The van der Waals surface area contributed by atoms with Crippen LogP contribution in [0.2, 0.25) is 5.02 Å². The number of rotatable bonds is 8. The maximum Gasteiger partial charge on any atom is 0.260 e. The van der Waals surface area contributed by atoms with Crippen molar-refractivity contribution in [2.45, 2.75) is 13.0 Å². The Morgan fingerprint density at radius 3 is 2.67 bits per heavy atom. The molecule has 0 aliphatic carbocycles. The van der Waals surface area contributed by atoms with Gasteiger partial charge in [-0.3, -0.25) is 9.78 Å². The second-order valence-corrected chi connectivity index (χ2v) is 8.06. The molecule has 0 bridgehead atoms. The number of carbonyl (C=O) groups excluding carboxylic acids is 1. The van der Waals surface area contributed by atoms with Gasteiger partial charge in [-0.05, 0) is 61.0 Å². The largest absolute Gasteiger partial charge is 0.380 e. The van der Waals surface area contributed by atoms with Crippen molar-refractivity contribution in [3.63, 3.8) is 0 Å². The number of hydrogen-bond donors (Lipinski definition) is 2. The molecule has 0 spiro atoms. The second-order valence-electron chi connectivity index (χ2n) is 7.62. The van der Waals surface area contributed by atoms with E-state index in [1.165, 1.54) is 18.2 Å². The van der Waals surface area contributed by atoms with Gasteiger partial charge in [-0.2, -0.15) is 0 Å². The predicted molar refractivity (Wildman–Crippen MR) is 132 cm³/mol. The van der Waals surface area contributed by atoms with Gasteiger partial charge in [0.1, 0.15) is 5.82 Å². The summed E-state index contributed by atoms with van der Waals surface area (Å²) in [5.41, 5.74) is 8.98. The minimum Gasteiger partial charge on any atom is -0.380 e. The van der Waals surface area contributed by atoms with Crippen molar-refractivity contribution in [3.8, 4) is 0 Å². The fourth-order valence-corrected chi connectivity index (χ4v) is 3.88. The Balaban J connectivity index is 1.72. The number of fused-ring (bicyclic) bond motifs is 1. The molecule has 0 unspecified atom stereocenters. The van der Waals surface area contributed by atoms with E-state index >= 15 is 0 Å². The number of nitrogens with zero attached hydrogens (tertiary/aromatic N) is 2. The summed E-state index contributed by atoms with van der Waals surface area (Å²) in [6, 6.07) is 21.1. The lowest BCUT2D eigenvalue weighted by Gasteiger charge is -2.25. The zero-order valence-corrected chi connectivity index (χ0v) is 18.7. The number of amides is 1. The van der Waals surface area contributed by atoms with E-state index in [1.54, 1.807) is 29.3 Å². The lowest BCUT2D eigenvalue weighted by molar-refractivity contribution is 0.0987. The highest BCUT2D eigenvalue weighted by atomic mass is 35.5. The number of anilines is 2. The number of nitrogens with one attached hydrogen (secondary N) is 1. The van der Waals surface area contributed by atoms with Crippen LogP contribution in [0.1, 0.15) is 22.3 Å². The molecule has 0 saturated carbocycles. The number of hydrogen-bond acceptors (Lipinski definition) is 4. The van der Waals surface area contributed by atoms with Crippen molar-refractivity contribution in [2.24, 2.45) is 5.73 Å². The summed E-state index contributed by atoms with van der Waals surface area (Å²) in [4.78, 5) is 19.8. The fourth-order valence-electron chi connectivity index (χ4n) is 3.71. The standard InChI is InChI=1S/C26H24ClFN4O/c27-19-7-9-21-23(15-19)30-13-11-25(21)32(14-4-12-29)26(33)22-10-8-20(28)16-24(22)31-17-18-5-2-1-3-6-18/h1-3,5-11,13,15-16,31H,4,12,14,17,29H2. The van der Waals surface area contributed by atoms with Gasteiger partial charge in [0.15, 0.2) is 0 Å². The van der Waals surface area contributed by atoms with Gasteiger partial charge in [-0.25, -0.2) is 4.39 Å². The zero-order valence-electron chi connectivity index (χ0n) is 18.0. The van der Waals surface area contributed by atoms with Crippen LogP contribution in [0.25, 0.3) is 10.9 Å². The lowest BCUT2D eigenvalue weighted by atomic mass is 10.1. The quantitative estimate of drug-likeness (QED) is 0.355. The highest BCUT2D eigenvalue weighted by Gasteiger charge is 2.22. The first-order valence-corrected chi connectivity index (χ1v) is 11.1. The molecule has 1 amide bonds. The van der Waals surface area contributed by atoms with E-state index in [-0.39, 0.29) is 5.91 Å². The van der Waals surface area contributed by atoms with Gasteiger partial charge in [0.2, 0.25) is 0 Å². The summed E-state index contributed by atoms with van der Waals surface area (Å²) >= 11 is 6.13. The third-order valence-corrected chi connectivity index (χ3v) is 5.58. The molecule has 0 radical (unpaired) electrons. The van der Waals surface area contributed by atoms with Gasteiger partial charge in [0, 0.05) is 29.7 Å². The summed E-state index contributed by atoms with van der Waals surface area (Å²) in [5.74, 6) is -0.666. The number of nitrogens with two attached hydrogens (primary N) is 1. The zero-order chi connectivity index (χ0) is 23.2. The first-order valence-electron chi connectivity index (χ1n) is 10.7. The van der Waals surface area contributed by atoms with Crippen LogP contribution in [0.3, 0.4) is 0 Å². The molecule has 0 aliphatic rings. The molecule has 0 atom stereocenters. The van der Waals surface area contributed by atoms with E-state index in [0.717, 1.165) is 10.9 Å². The highest BCUT2D eigenvalue weighted by molar-refractivity contribution is 6.31. The average molecular weight is 463 g/mol. The van der Waals surface area contributed by atoms with Crippen LogP contribution in [0.5, 0.6) is 0 Å². The minimum atomic E-state index is -0.417. The lowest BCUT2D eigenvalue weighted by Crippen LogP contribution is -2.33. The van der Waals surface area contributed by atoms with Gasteiger partial charge in [-0.1, -0.05) is 41.9 Å². The van der Waals surface area contributed by atoms with Gasteiger partial charge >= 0.3 is 0 Å². The SMILES string of the molecule is NCCCN(C(=O)c1ccc(F)cc1NCc1ccccc1)c1ccnc2cc(Cl)ccc12. The molecule has 0 saturated heterocycles. The Hall–Kier alpha value is -3.48. The van der Waals surface area contributed by atoms with Gasteiger partial charge in [0.05, 0.1) is 22.5 Å². The van der Waals surface area contributed by atoms with Crippen LogP contribution in [0.15, 0.2) is 79.0 Å². The van der Waals surface area contributed by atoms with E-state index < -0.39 is 5.82 Å². The smallest absolute Gasteiger partial charge is 0.260 e. The number of pyridine rings is 1. The van der Waals surface area contributed by atoms with Crippen molar-refractivity contribution in [1.82, 2.24) is 4.98 Å². The summed E-state index contributed by atoms with van der Waals surface area (Å²) in [6.45, 7) is 1.30. The Morgan fingerprint density at radius 2 is 1.88 bits per heavy atom. The summed E-state index contributed by atoms with van der Waals surface area (Å²) in [6.07, 6.45) is 2.26. The van der Waals surface area contributed by atoms with Gasteiger partial charge in [-0.15, -0.1) is 0 Å². The monoisotopic (exact) mass is 462 g/mol. The molecule has 4 aromatic rings. The Bertz CT molecular complexity index is 1270. The molecule has 0 aliphatic heterocycles. The van der Waals surface area contributed by atoms with Crippen LogP contribution in [-0.4, -0.2) is 24.0 Å². The maximum atomic E-state index is 14.1. The van der Waals surface area contributed by atoms with Crippen molar-refractivity contribution in [1.29, 1.82) is 0 Å². The van der Waals surface area contributed by atoms with Gasteiger partial charge < -0.3 is 16.0 Å². The number of benzene rings is 3. The number of aromatic nitrogens is 1. The van der Waals surface area contributed by atoms with E-state index in [0.29, 0.717) is 53.5 Å². The fraction of sp³-hybridized carbons (Fsp3) is 0.154. The Labute approximate surface area is 197 Å². The first kappa shape index (κ1) is 22.7. The topological polar surface area (TPSA) is 71.2 Å². The average Bonchev–Trinajstić information content (AvgIpc) is 2.83. The second kappa shape index (κ2) is 10.4. The van der Waals surface area contributed by atoms with Crippen LogP contribution in [-0.2, 0) is 6.54 Å². The normalized spacial score (nSPS) is 10.9. The van der Waals surface area contributed by atoms with E-state index in [2.05, 4.69) is 10.3 Å². The van der Waals surface area contributed by atoms with Crippen molar-refractivity contribution >= 4 is 39.8 Å². The van der Waals surface area contributed by atoms with E-state index in [9.17, 15) is 9.18 Å². The molecule has 5 nitrogen and oxygen atoms in total. The molecule has 0 fully saturated rings. The van der Waals surface area contributed by atoms with Gasteiger partial charge in [0.25, 0.3) is 5.91 Å². The molecular formula is C26H24ClFN4O. The molecule has 3 aromatic carbocycles. The van der Waals surface area contributed by atoms with Crippen LogP contribution in [0.4, 0.5) is 15.8 Å². The molecule has 4 rings (SSSR count). The molecule has 33 heavy (non-hydrogen) atoms. The van der Waals surface area contributed by atoms with Crippen LogP contribution < -0.4 is 16.0 Å².